The van der Waals surface area contributed by atoms with E-state index in [1.54, 1.807) is 43.4 Å². The molecule has 0 radical (unpaired) electrons. The minimum atomic E-state index is -4.41. The second kappa shape index (κ2) is 8.91. The van der Waals surface area contributed by atoms with Gasteiger partial charge in [0.05, 0.1) is 3.57 Å². The van der Waals surface area contributed by atoms with Crippen molar-refractivity contribution in [2.75, 3.05) is 6.54 Å². The molecule has 1 aromatic rings. The molecule has 0 saturated carbocycles. The molecule has 0 fully saturated rings. The van der Waals surface area contributed by atoms with Crippen LogP contribution in [0.5, 0.6) is 0 Å². The molecule has 1 amide bonds. The Hall–Kier alpha value is -1.00. The molecule has 5 nitrogen and oxygen atoms in total. The lowest BCUT2D eigenvalue weighted by molar-refractivity contribution is -0.142. The molecule has 24 heavy (non-hydrogen) atoms. The highest BCUT2D eigenvalue weighted by Crippen LogP contribution is 2.31. The Morgan fingerprint density at radius 2 is 1.88 bits per heavy atom. The lowest BCUT2D eigenvalue weighted by Gasteiger charge is -2.19. The predicted molar refractivity (Wildman–Crippen MR) is 92.7 cm³/mol. The molecule has 0 saturated heterocycles. The lowest BCUT2D eigenvalue weighted by Crippen LogP contribution is -2.32. The van der Waals surface area contributed by atoms with Crippen LogP contribution >= 0.6 is 22.6 Å². The van der Waals surface area contributed by atoms with E-state index in [1.165, 1.54) is 10.9 Å². The quantitative estimate of drug-likeness (QED) is 0.478. The number of nitrogens with zero attached hydrogens (tertiary/aromatic N) is 2. The van der Waals surface area contributed by atoms with Crippen LogP contribution in [0.2, 0.25) is 0 Å². The number of unbranched alkanes of at least 4 members (excludes halogenated alkanes) is 3. The number of halogens is 4. The van der Waals surface area contributed by atoms with Gasteiger partial charge >= 0.3 is 12.3 Å². The number of hydrogen-bond acceptors (Lipinski definition) is 3. The van der Waals surface area contributed by atoms with Gasteiger partial charge in [0.15, 0.2) is 5.69 Å². The van der Waals surface area contributed by atoms with Gasteiger partial charge in [-0.2, -0.15) is 18.3 Å². The molecule has 0 bridgehead atoms. The Labute approximate surface area is 153 Å². The molecule has 0 aromatic carbocycles. The van der Waals surface area contributed by atoms with Gasteiger partial charge in [-0.25, -0.2) is 4.79 Å². The Balaban J connectivity index is 2.16. The number of ether oxygens (including phenoxy) is 1. The number of aryl methyl sites for hydroxylation is 1. The average Bonchev–Trinajstić information content (AvgIpc) is 2.76. The first-order chi connectivity index (χ1) is 11.0. The van der Waals surface area contributed by atoms with Gasteiger partial charge in [0.2, 0.25) is 0 Å². The van der Waals surface area contributed by atoms with Crippen LogP contribution in [0.4, 0.5) is 18.0 Å². The molecular weight excluding hydrogens is 438 g/mol. The highest BCUT2D eigenvalue weighted by atomic mass is 127. The van der Waals surface area contributed by atoms with Crippen LogP contribution in [0.25, 0.3) is 0 Å². The standard InChI is InChI=1S/C15H23F3IN3O2/c1-14(2,3)24-13(23)20-8-6-4-5-7-9-22-10-11(19)12(21-22)15(16,17)18/h10H,4-9H2,1-3H3,(H,20,23). The maximum Gasteiger partial charge on any atom is 0.436 e. The molecule has 0 aliphatic heterocycles. The van der Waals surface area contributed by atoms with Gasteiger partial charge in [0.25, 0.3) is 0 Å². The van der Waals surface area contributed by atoms with Gasteiger partial charge in [-0.1, -0.05) is 12.8 Å². The third-order valence-electron chi connectivity index (χ3n) is 2.97. The summed E-state index contributed by atoms with van der Waals surface area (Å²) < 4.78 is 44.5. The van der Waals surface area contributed by atoms with Gasteiger partial charge in [-0.05, 0) is 56.2 Å². The van der Waals surface area contributed by atoms with Gasteiger partial charge in [0.1, 0.15) is 5.60 Å². The second-order valence-corrected chi connectivity index (χ2v) is 7.59. The van der Waals surface area contributed by atoms with Crippen LogP contribution in [-0.2, 0) is 17.5 Å². The highest BCUT2D eigenvalue weighted by Gasteiger charge is 2.36. The number of carbonyl (C=O) groups excluding carboxylic acids is 1. The lowest BCUT2D eigenvalue weighted by atomic mass is 10.2. The number of alkyl carbamates (subject to hydrolysis) is 1. The average molecular weight is 461 g/mol. The molecule has 0 aliphatic carbocycles. The fourth-order valence-corrected chi connectivity index (χ4v) is 2.70. The fraction of sp³-hybridized carbons (Fsp3) is 0.733. The van der Waals surface area contributed by atoms with E-state index in [4.69, 9.17) is 4.74 Å². The summed E-state index contributed by atoms with van der Waals surface area (Å²) in [5.74, 6) is 0. The van der Waals surface area contributed by atoms with Gasteiger partial charge in [-0.15, -0.1) is 0 Å². The van der Waals surface area contributed by atoms with Crippen molar-refractivity contribution in [3.8, 4) is 0 Å². The normalized spacial score (nSPS) is 12.3. The van der Waals surface area contributed by atoms with E-state index in [9.17, 15) is 18.0 Å². The topological polar surface area (TPSA) is 56.1 Å². The van der Waals surface area contributed by atoms with Crippen LogP contribution in [0, 0.1) is 3.57 Å². The summed E-state index contributed by atoms with van der Waals surface area (Å²) in [5, 5.41) is 6.25. The first kappa shape index (κ1) is 21.0. The molecule has 1 aromatic heterocycles. The van der Waals surface area contributed by atoms with Gasteiger partial charge < -0.3 is 10.1 Å². The zero-order chi connectivity index (χ0) is 18.4. The van der Waals surface area contributed by atoms with E-state index in [0.717, 1.165) is 25.7 Å². The van der Waals surface area contributed by atoms with E-state index in [1.807, 2.05) is 0 Å². The number of amides is 1. The third-order valence-corrected chi connectivity index (χ3v) is 3.76. The van der Waals surface area contributed by atoms with Crippen LogP contribution < -0.4 is 5.32 Å². The molecule has 0 spiro atoms. The number of hydrogen-bond donors (Lipinski definition) is 1. The summed E-state index contributed by atoms with van der Waals surface area (Å²) in [7, 11) is 0. The number of carbonyl (C=O) groups is 1. The largest absolute Gasteiger partial charge is 0.444 e. The van der Waals surface area contributed by atoms with E-state index >= 15 is 0 Å². The molecule has 0 unspecified atom stereocenters. The molecule has 1 heterocycles. The second-order valence-electron chi connectivity index (χ2n) is 6.43. The van der Waals surface area contributed by atoms with Gasteiger partial charge in [0, 0.05) is 19.3 Å². The molecule has 9 heteroatoms. The minimum absolute atomic E-state index is 0.113. The van der Waals surface area contributed by atoms with Crippen molar-refractivity contribution in [1.82, 2.24) is 15.1 Å². The Kier molecular flexibility index (Phi) is 7.81. The third kappa shape index (κ3) is 8.20. The molecule has 1 rings (SSSR count). The smallest absolute Gasteiger partial charge is 0.436 e. The Morgan fingerprint density at radius 3 is 2.42 bits per heavy atom. The zero-order valence-electron chi connectivity index (χ0n) is 14.0. The van der Waals surface area contributed by atoms with Crippen LogP contribution in [-0.4, -0.2) is 28.0 Å². The zero-order valence-corrected chi connectivity index (χ0v) is 16.2. The van der Waals surface area contributed by atoms with Crippen molar-refractivity contribution in [3.63, 3.8) is 0 Å². The van der Waals surface area contributed by atoms with E-state index < -0.39 is 23.6 Å². The predicted octanol–water partition coefficient (Wildman–Crippen LogP) is 4.59. The van der Waals surface area contributed by atoms with E-state index in [-0.39, 0.29) is 3.57 Å². The first-order valence-electron chi connectivity index (χ1n) is 7.76. The summed E-state index contributed by atoms with van der Waals surface area (Å²) in [6.07, 6.45) is -0.171. The Morgan fingerprint density at radius 1 is 1.25 bits per heavy atom. The molecule has 1 N–H and O–H groups in total. The van der Waals surface area contributed by atoms with Crippen LogP contribution in [0.3, 0.4) is 0 Å². The maximum absolute atomic E-state index is 12.6. The first-order valence-corrected chi connectivity index (χ1v) is 8.84. The van der Waals surface area contributed by atoms with Crippen molar-refractivity contribution in [3.05, 3.63) is 15.5 Å². The molecule has 138 valence electrons. The van der Waals surface area contributed by atoms with E-state index in [0.29, 0.717) is 13.1 Å². The van der Waals surface area contributed by atoms with Crippen molar-refractivity contribution in [2.45, 2.75) is 64.8 Å². The van der Waals surface area contributed by atoms with Crippen LogP contribution in [0.15, 0.2) is 6.20 Å². The summed E-state index contributed by atoms with van der Waals surface area (Å²) in [6.45, 7) is 6.37. The maximum atomic E-state index is 12.6. The van der Waals surface area contributed by atoms with E-state index in [2.05, 4.69) is 10.4 Å². The van der Waals surface area contributed by atoms with Crippen molar-refractivity contribution < 1.29 is 22.7 Å². The fourth-order valence-electron chi connectivity index (χ4n) is 1.96. The molecular formula is C15H23F3IN3O2. The van der Waals surface area contributed by atoms with Gasteiger partial charge in [-0.3, -0.25) is 4.68 Å². The number of alkyl halides is 3. The molecule has 0 aliphatic rings. The number of aromatic nitrogens is 2. The van der Waals surface area contributed by atoms with Crippen molar-refractivity contribution >= 4 is 28.7 Å². The monoisotopic (exact) mass is 461 g/mol. The SMILES string of the molecule is CC(C)(C)OC(=O)NCCCCCCn1cc(I)c(C(F)(F)F)n1. The number of rotatable bonds is 7. The highest BCUT2D eigenvalue weighted by molar-refractivity contribution is 14.1. The number of nitrogens with one attached hydrogen (secondary N) is 1. The van der Waals surface area contributed by atoms with Crippen molar-refractivity contribution in [1.29, 1.82) is 0 Å². The molecule has 0 atom stereocenters. The summed E-state index contributed by atoms with van der Waals surface area (Å²) in [4.78, 5) is 11.4. The summed E-state index contributed by atoms with van der Waals surface area (Å²) in [6, 6.07) is 0. The summed E-state index contributed by atoms with van der Waals surface area (Å²) >= 11 is 1.65. The van der Waals surface area contributed by atoms with Crippen LogP contribution in [0.1, 0.15) is 52.1 Å². The summed E-state index contributed by atoms with van der Waals surface area (Å²) in [5.41, 5.74) is -1.34. The Bertz CT molecular complexity index is 539. The minimum Gasteiger partial charge on any atom is -0.444 e. The van der Waals surface area contributed by atoms with Crippen molar-refractivity contribution in [2.24, 2.45) is 0 Å².